The van der Waals surface area contributed by atoms with Crippen molar-refractivity contribution in [2.45, 2.75) is 10.9 Å². The van der Waals surface area contributed by atoms with Crippen LogP contribution < -0.4 is 11.5 Å². The van der Waals surface area contributed by atoms with E-state index < -0.39 is 0 Å². The average Bonchev–Trinajstić information content (AvgIpc) is 2.94. The lowest BCUT2D eigenvalue weighted by molar-refractivity contribution is 0.391. The zero-order chi connectivity index (χ0) is 15.5. The van der Waals surface area contributed by atoms with Crippen molar-refractivity contribution in [2.75, 3.05) is 11.5 Å². The predicted molar refractivity (Wildman–Crippen MR) is 85.2 cm³/mol. The van der Waals surface area contributed by atoms with E-state index in [2.05, 4.69) is 20.1 Å². The second-order valence-electron chi connectivity index (χ2n) is 4.31. The molecule has 0 saturated heterocycles. The fourth-order valence-corrected chi connectivity index (χ4v) is 2.52. The van der Waals surface area contributed by atoms with E-state index in [9.17, 15) is 0 Å². The molecule has 3 aromatic rings. The van der Waals surface area contributed by atoms with Crippen molar-refractivity contribution in [3.63, 3.8) is 0 Å². The summed E-state index contributed by atoms with van der Waals surface area (Å²) in [4.78, 5) is 12.4. The first-order valence-corrected chi connectivity index (χ1v) is 7.58. The second kappa shape index (κ2) is 6.20. The number of hydrogen-bond acceptors (Lipinski definition) is 8. The summed E-state index contributed by atoms with van der Waals surface area (Å²) in [6, 6.07) is 8.68. The second-order valence-corrected chi connectivity index (χ2v) is 5.69. The molecule has 3 rings (SSSR count). The van der Waals surface area contributed by atoms with Crippen molar-refractivity contribution >= 4 is 35.0 Å². The van der Waals surface area contributed by atoms with Gasteiger partial charge in [-0.15, -0.1) is 0 Å². The third-order valence-electron chi connectivity index (χ3n) is 2.64. The van der Waals surface area contributed by atoms with Crippen LogP contribution in [0.15, 0.2) is 40.0 Å². The summed E-state index contributed by atoms with van der Waals surface area (Å²) in [5.74, 6) is 2.02. The van der Waals surface area contributed by atoms with Gasteiger partial charge in [-0.05, 0) is 24.3 Å². The molecule has 0 radical (unpaired) electrons. The average molecular weight is 335 g/mol. The fraction of sp³-hybridized carbons (Fsp3) is 0.0769. The minimum absolute atomic E-state index is 0.322. The first-order chi connectivity index (χ1) is 10.6. The molecule has 0 fully saturated rings. The van der Waals surface area contributed by atoms with Crippen LogP contribution in [-0.2, 0) is 5.75 Å². The summed E-state index contributed by atoms with van der Waals surface area (Å²) >= 11 is 7.16. The Morgan fingerprint density at radius 2 is 1.73 bits per heavy atom. The third kappa shape index (κ3) is 3.46. The van der Waals surface area contributed by atoms with Gasteiger partial charge in [0.05, 0.1) is 5.75 Å². The molecule has 0 amide bonds. The number of benzene rings is 1. The number of nitrogens with two attached hydrogens (primary N) is 2. The highest BCUT2D eigenvalue weighted by Gasteiger charge is 2.10. The number of nitrogens with zero attached hydrogens (tertiary/aromatic N) is 4. The maximum Gasteiger partial charge on any atom is 0.237 e. The van der Waals surface area contributed by atoms with Gasteiger partial charge in [0.2, 0.25) is 11.7 Å². The highest BCUT2D eigenvalue weighted by molar-refractivity contribution is 7.98. The quantitative estimate of drug-likeness (QED) is 0.552. The lowest BCUT2D eigenvalue weighted by atomic mass is 10.2. The van der Waals surface area contributed by atoms with Crippen LogP contribution in [0.4, 0.5) is 11.6 Å². The first kappa shape index (κ1) is 14.6. The van der Waals surface area contributed by atoms with Crippen molar-refractivity contribution in [1.82, 2.24) is 20.1 Å². The molecule has 0 aliphatic carbocycles. The Labute approximate surface area is 135 Å². The van der Waals surface area contributed by atoms with Crippen LogP contribution in [0, 0.1) is 0 Å². The molecular weight excluding hydrogens is 324 g/mol. The molecule has 2 heterocycles. The van der Waals surface area contributed by atoms with E-state index in [1.165, 1.54) is 17.8 Å². The normalized spacial score (nSPS) is 10.8. The molecule has 22 heavy (non-hydrogen) atoms. The van der Waals surface area contributed by atoms with Gasteiger partial charge < -0.3 is 16.0 Å². The van der Waals surface area contributed by atoms with Crippen LogP contribution in [-0.4, -0.2) is 20.1 Å². The van der Waals surface area contributed by atoms with Gasteiger partial charge in [0.1, 0.15) is 11.6 Å². The number of halogens is 1. The van der Waals surface area contributed by atoms with Gasteiger partial charge in [-0.2, -0.15) is 4.98 Å². The van der Waals surface area contributed by atoms with Crippen molar-refractivity contribution < 1.29 is 4.52 Å². The molecule has 0 spiro atoms. The van der Waals surface area contributed by atoms with E-state index in [1.807, 2.05) is 12.1 Å². The molecule has 1 aromatic carbocycles. The largest absolute Gasteiger partial charge is 0.383 e. The van der Waals surface area contributed by atoms with Crippen LogP contribution in [0.1, 0.15) is 5.89 Å². The molecule has 4 N–H and O–H groups in total. The topological polar surface area (TPSA) is 117 Å². The number of aromatic nitrogens is 4. The van der Waals surface area contributed by atoms with Gasteiger partial charge >= 0.3 is 0 Å². The summed E-state index contributed by atoms with van der Waals surface area (Å²) in [5.41, 5.74) is 12.1. The standard InChI is InChI=1S/C13H11ClN6OS/c14-8-3-1-7(2-4-8)12-19-11(21-20-12)6-22-13-17-9(15)5-10(16)18-13/h1-5H,6H2,(H4,15,16,17,18). The molecule has 0 atom stereocenters. The van der Waals surface area contributed by atoms with Gasteiger partial charge in [0.15, 0.2) is 5.16 Å². The molecule has 0 aliphatic heterocycles. The molecule has 0 saturated carbocycles. The molecule has 0 unspecified atom stereocenters. The number of thioether (sulfide) groups is 1. The Morgan fingerprint density at radius 3 is 2.41 bits per heavy atom. The Morgan fingerprint density at radius 1 is 1.05 bits per heavy atom. The summed E-state index contributed by atoms with van der Waals surface area (Å²) in [6.45, 7) is 0. The first-order valence-electron chi connectivity index (χ1n) is 6.21. The number of anilines is 2. The smallest absolute Gasteiger partial charge is 0.237 e. The summed E-state index contributed by atoms with van der Waals surface area (Å²) < 4.78 is 5.20. The number of rotatable bonds is 4. The summed E-state index contributed by atoms with van der Waals surface area (Å²) in [6.07, 6.45) is 0. The van der Waals surface area contributed by atoms with E-state index in [0.717, 1.165) is 5.56 Å². The molecule has 2 aromatic heterocycles. The van der Waals surface area contributed by atoms with Gasteiger partial charge in [0.25, 0.3) is 0 Å². The van der Waals surface area contributed by atoms with Gasteiger partial charge in [0, 0.05) is 16.7 Å². The maximum atomic E-state index is 5.85. The van der Waals surface area contributed by atoms with Crippen LogP contribution in [0.3, 0.4) is 0 Å². The Bertz CT molecular complexity index is 771. The molecular formula is C13H11ClN6OS. The minimum atomic E-state index is 0.322. The lowest BCUT2D eigenvalue weighted by Gasteiger charge is -2.00. The zero-order valence-electron chi connectivity index (χ0n) is 11.2. The number of nitrogen functional groups attached to an aromatic ring is 2. The SMILES string of the molecule is Nc1cc(N)nc(SCc2nc(-c3ccc(Cl)cc3)no2)n1. The lowest BCUT2D eigenvalue weighted by Crippen LogP contribution is -1.99. The Kier molecular flexibility index (Phi) is 4.12. The molecule has 112 valence electrons. The van der Waals surface area contributed by atoms with E-state index >= 15 is 0 Å². The van der Waals surface area contributed by atoms with Crippen molar-refractivity contribution in [3.8, 4) is 11.4 Å². The molecule has 0 bridgehead atoms. The van der Waals surface area contributed by atoms with Crippen LogP contribution in [0.2, 0.25) is 5.02 Å². The Hall–Kier alpha value is -2.32. The van der Waals surface area contributed by atoms with Crippen molar-refractivity contribution in [1.29, 1.82) is 0 Å². The van der Waals surface area contributed by atoms with E-state index in [-0.39, 0.29) is 0 Å². The highest BCUT2D eigenvalue weighted by atomic mass is 35.5. The van der Waals surface area contributed by atoms with Gasteiger partial charge in [-0.1, -0.05) is 28.5 Å². The van der Waals surface area contributed by atoms with Crippen molar-refractivity contribution in [2.24, 2.45) is 0 Å². The van der Waals surface area contributed by atoms with E-state index in [0.29, 0.717) is 39.3 Å². The third-order valence-corrected chi connectivity index (χ3v) is 3.72. The fourth-order valence-electron chi connectivity index (χ4n) is 1.68. The van der Waals surface area contributed by atoms with E-state index in [4.69, 9.17) is 27.6 Å². The van der Waals surface area contributed by atoms with Crippen LogP contribution in [0.25, 0.3) is 11.4 Å². The minimum Gasteiger partial charge on any atom is -0.383 e. The summed E-state index contributed by atoms with van der Waals surface area (Å²) in [5, 5.41) is 5.04. The van der Waals surface area contributed by atoms with Gasteiger partial charge in [-0.25, -0.2) is 9.97 Å². The zero-order valence-corrected chi connectivity index (χ0v) is 12.8. The molecule has 7 nitrogen and oxygen atoms in total. The van der Waals surface area contributed by atoms with Crippen molar-refractivity contribution in [3.05, 3.63) is 41.2 Å². The number of hydrogen-bond donors (Lipinski definition) is 2. The van der Waals surface area contributed by atoms with Crippen LogP contribution >= 0.6 is 23.4 Å². The highest BCUT2D eigenvalue weighted by Crippen LogP contribution is 2.23. The van der Waals surface area contributed by atoms with Crippen LogP contribution in [0.5, 0.6) is 0 Å². The summed E-state index contributed by atoms with van der Waals surface area (Å²) in [7, 11) is 0. The maximum absolute atomic E-state index is 5.85. The monoisotopic (exact) mass is 334 g/mol. The Balaban J connectivity index is 1.70. The molecule has 0 aliphatic rings. The van der Waals surface area contributed by atoms with E-state index in [1.54, 1.807) is 12.1 Å². The van der Waals surface area contributed by atoms with Gasteiger partial charge in [-0.3, -0.25) is 0 Å². The predicted octanol–water partition coefficient (Wildman–Crippen LogP) is 2.64. The molecule has 9 heteroatoms.